The zero-order valence-corrected chi connectivity index (χ0v) is 10.9. The minimum Gasteiger partial charge on any atom is -0.341 e. The van der Waals surface area contributed by atoms with Crippen molar-refractivity contribution in [2.24, 2.45) is 0 Å². The summed E-state index contributed by atoms with van der Waals surface area (Å²) in [5.41, 5.74) is 0.488. The van der Waals surface area contributed by atoms with Crippen LogP contribution in [0.4, 0.5) is 0 Å². The first-order chi connectivity index (χ1) is 7.02. The van der Waals surface area contributed by atoms with Gasteiger partial charge in [-0.1, -0.05) is 34.5 Å². The van der Waals surface area contributed by atoms with Crippen LogP contribution >= 0.6 is 27.5 Å². The average Bonchev–Trinajstić information content (AvgIpc) is 2.16. The van der Waals surface area contributed by atoms with Crippen LogP contribution in [0.2, 0.25) is 5.02 Å². The van der Waals surface area contributed by atoms with E-state index in [2.05, 4.69) is 20.9 Å². The molecular weight excluding hydrogens is 279 g/mol. The first-order valence-corrected chi connectivity index (χ1v) is 5.80. The number of hydrogen-bond donors (Lipinski definition) is 0. The van der Waals surface area contributed by atoms with Gasteiger partial charge in [-0.15, -0.1) is 0 Å². The Morgan fingerprint density at radius 3 is 2.93 bits per heavy atom. The van der Waals surface area contributed by atoms with Crippen molar-refractivity contribution in [3.05, 3.63) is 29.0 Å². The predicted octanol–water partition coefficient (Wildman–Crippen LogP) is 2.59. The molecule has 1 aromatic heterocycles. The summed E-state index contributed by atoms with van der Waals surface area (Å²) < 4.78 is 0. The Morgan fingerprint density at radius 2 is 2.40 bits per heavy atom. The van der Waals surface area contributed by atoms with Gasteiger partial charge in [-0.3, -0.25) is 9.78 Å². The Hall–Kier alpha value is -0.610. The number of carbonyl (C=O) groups excluding carboxylic acids is 1. The van der Waals surface area contributed by atoms with Crippen LogP contribution in [-0.4, -0.2) is 34.2 Å². The molecule has 0 radical (unpaired) electrons. The highest BCUT2D eigenvalue weighted by Crippen LogP contribution is 2.15. The standard InChI is InChI=1S/C10H12BrClN2O/c1-7(11)6-14(2)10(15)8-3-4-13-5-9(8)12/h3-5,7H,6H2,1-2H3. The molecule has 1 aromatic rings. The molecular formula is C10H12BrClN2O. The van der Waals surface area contributed by atoms with Gasteiger partial charge in [-0.2, -0.15) is 0 Å². The number of alkyl halides is 1. The van der Waals surface area contributed by atoms with Gasteiger partial charge in [0.15, 0.2) is 0 Å². The molecule has 0 bridgehead atoms. The van der Waals surface area contributed by atoms with Crippen LogP contribution in [0.5, 0.6) is 0 Å². The smallest absolute Gasteiger partial charge is 0.255 e. The van der Waals surface area contributed by atoms with E-state index in [-0.39, 0.29) is 10.7 Å². The maximum absolute atomic E-state index is 11.9. The number of pyridine rings is 1. The number of rotatable bonds is 3. The van der Waals surface area contributed by atoms with Crippen molar-refractivity contribution in [1.29, 1.82) is 0 Å². The number of nitrogens with zero attached hydrogens (tertiary/aromatic N) is 2. The fourth-order valence-corrected chi connectivity index (χ4v) is 1.85. The molecule has 5 heteroatoms. The molecule has 0 saturated carbocycles. The van der Waals surface area contributed by atoms with Crippen molar-refractivity contribution < 1.29 is 4.79 Å². The predicted molar refractivity (Wildman–Crippen MR) is 64.6 cm³/mol. The summed E-state index contributed by atoms with van der Waals surface area (Å²) in [6.07, 6.45) is 3.03. The molecule has 1 atom stereocenters. The first-order valence-electron chi connectivity index (χ1n) is 4.51. The molecule has 0 saturated heterocycles. The molecule has 0 fully saturated rings. The van der Waals surface area contributed by atoms with Gasteiger partial charge in [0.25, 0.3) is 5.91 Å². The van der Waals surface area contributed by atoms with Crippen LogP contribution in [0.1, 0.15) is 17.3 Å². The van der Waals surface area contributed by atoms with Crippen LogP contribution < -0.4 is 0 Å². The van der Waals surface area contributed by atoms with Gasteiger partial charge in [0.2, 0.25) is 0 Å². The molecule has 0 aliphatic carbocycles. The first kappa shape index (κ1) is 12.5. The van der Waals surface area contributed by atoms with Gasteiger partial charge >= 0.3 is 0 Å². The second kappa shape index (κ2) is 5.47. The summed E-state index contributed by atoms with van der Waals surface area (Å²) in [4.78, 5) is 17.6. The second-order valence-electron chi connectivity index (χ2n) is 3.32. The highest BCUT2D eigenvalue weighted by atomic mass is 79.9. The van der Waals surface area contributed by atoms with Gasteiger partial charge in [-0.05, 0) is 6.07 Å². The highest BCUT2D eigenvalue weighted by Gasteiger charge is 2.15. The molecule has 3 nitrogen and oxygen atoms in total. The summed E-state index contributed by atoms with van der Waals surface area (Å²) in [6, 6.07) is 1.63. The minimum atomic E-state index is -0.0892. The van der Waals surface area contributed by atoms with E-state index in [0.717, 1.165) is 0 Å². The van der Waals surface area contributed by atoms with E-state index in [1.807, 2.05) is 6.92 Å². The van der Waals surface area contributed by atoms with Crippen molar-refractivity contribution in [1.82, 2.24) is 9.88 Å². The molecule has 82 valence electrons. The Labute approximate surface area is 103 Å². The Bertz CT molecular complexity index is 357. The zero-order valence-electron chi connectivity index (χ0n) is 8.58. The molecule has 15 heavy (non-hydrogen) atoms. The van der Waals surface area contributed by atoms with Gasteiger partial charge in [0.1, 0.15) is 0 Å². The lowest BCUT2D eigenvalue weighted by Gasteiger charge is -2.18. The van der Waals surface area contributed by atoms with Crippen LogP contribution in [0, 0.1) is 0 Å². The lowest BCUT2D eigenvalue weighted by atomic mass is 10.2. The fraction of sp³-hybridized carbons (Fsp3) is 0.400. The molecule has 0 spiro atoms. The largest absolute Gasteiger partial charge is 0.341 e. The summed E-state index contributed by atoms with van der Waals surface area (Å²) in [5.74, 6) is -0.0892. The van der Waals surface area contributed by atoms with Crippen LogP contribution in [0.25, 0.3) is 0 Å². The highest BCUT2D eigenvalue weighted by molar-refractivity contribution is 9.09. The summed E-state index contributed by atoms with van der Waals surface area (Å²) in [7, 11) is 1.75. The van der Waals surface area contributed by atoms with E-state index < -0.39 is 0 Å². The van der Waals surface area contributed by atoms with E-state index >= 15 is 0 Å². The third-order valence-electron chi connectivity index (χ3n) is 1.87. The van der Waals surface area contributed by atoms with Gasteiger partial charge in [-0.25, -0.2) is 0 Å². The van der Waals surface area contributed by atoms with E-state index in [9.17, 15) is 4.79 Å². The average molecular weight is 292 g/mol. The molecule has 1 amide bonds. The number of carbonyl (C=O) groups is 1. The molecule has 1 unspecified atom stereocenters. The summed E-state index contributed by atoms with van der Waals surface area (Å²) in [5, 5.41) is 0.386. The molecule has 0 aliphatic rings. The third-order valence-corrected chi connectivity index (χ3v) is 2.47. The lowest BCUT2D eigenvalue weighted by Crippen LogP contribution is -2.31. The monoisotopic (exact) mass is 290 g/mol. The molecule has 0 N–H and O–H groups in total. The zero-order chi connectivity index (χ0) is 11.4. The SMILES string of the molecule is CC(Br)CN(C)C(=O)c1ccncc1Cl. The summed E-state index contributed by atoms with van der Waals surface area (Å²) >= 11 is 9.27. The van der Waals surface area contributed by atoms with Gasteiger partial charge < -0.3 is 4.90 Å². The Balaban J connectivity index is 2.81. The van der Waals surface area contributed by atoms with E-state index in [1.165, 1.54) is 6.20 Å². The van der Waals surface area contributed by atoms with Gasteiger partial charge in [0.05, 0.1) is 10.6 Å². The van der Waals surface area contributed by atoms with Crippen molar-refractivity contribution in [3.63, 3.8) is 0 Å². The van der Waals surface area contributed by atoms with Crippen molar-refractivity contribution in [2.45, 2.75) is 11.8 Å². The molecule has 1 heterocycles. The number of halogens is 2. The van der Waals surface area contributed by atoms with Crippen LogP contribution in [-0.2, 0) is 0 Å². The topological polar surface area (TPSA) is 33.2 Å². The Morgan fingerprint density at radius 1 is 1.73 bits per heavy atom. The lowest BCUT2D eigenvalue weighted by molar-refractivity contribution is 0.0797. The Kier molecular flexibility index (Phi) is 4.54. The minimum absolute atomic E-state index is 0.0892. The van der Waals surface area contributed by atoms with E-state index in [1.54, 1.807) is 24.2 Å². The van der Waals surface area contributed by atoms with Crippen LogP contribution in [0.15, 0.2) is 18.5 Å². The maximum Gasteiger partial charge on any atom is 0.255 e. The number of hydrogen-bond acceptors (Lipinski definition) is 2. The van der Waals surface area contributed by atoms with E-state index in [4.69, 9.17) is 11.6 Å². The molecule has 0 aromatic carbocycles. The second-order valence-corrected chi connectivity index (χ2v) is 5.29. The van der Waals surface area contributed by atoms with Crippen molar-refractivity contribution in [3.8, 4) is 0 Å². The summed E-state index contributed by atoms with van der Waals surface area (Å²) in [6.45, 7) is 2.62. The van der Waals surface area contributed by atoms with Crippen molar-refractivity contribution in [2.75, 3.05) is 13.6 Å². The maximum atomic E-state index is 11.9. The van der Waals surface area contributed by atoms with Gasteiger partial charge in [0, 0.05) is 30.8 Å². The number of amides is 1. The van der Waals surface area contributed by atoms with E-state index in [0.29, 0.717) is 17.1 Å². The third kappa shape index (κ3) is 3.47. The van der Waals surface area contributed by atoms with Crippen molar-refractivity contribution >= 4 is 33.4 Å². The number of aromatic nitrogens is 1. The normalized spacial score (nSPS) is 12.3. The molecule has 1 rings (SSSR count). The molecule has 0 aliphatic heterocycles. The van der Waals surface area contributed by atoms with Crippen LogP contribution in [0.3, 0.4) is 0 Å². The quantitative estimate of drug-likeness (QED) is 0.802. The fourth-order valence-electron chi connectivity index (χ4n) is 1.21.